The van der Waals surface area contributed by atoms with Crippen molar-refractivity contribution in [1.29, 1.82) is 0 Å². The van der Waals surface area contributed by atoms with Gasteiger partial charge < -0.3 is 14.4 Å². The number of halogens is 1. The Hall–Kier alpha value is -3.23. The van der Waals surface area contributed by atoms with Crippen LogP contribution in [0.2, 0.25) is 5.02 Å². The number of carbonyl (C=O) groups is 1. The average molecular weight is 501 g/mol. The third-order valence-electron chi connectivity index (χ3n) is 5.60. The lowest BCUT2D eigenvalue weighted by atomic mass is 10.1. The predicted molar refractivity (Wildman–Crippen MR) is 131 cm³/mol. The van der Waals surface area contributed by atoms with Crippen molar-refractivity contribution in [2.45, 2.75) is 30.9 Å². The van der Waals surface area contributed by atoms with E-state index in [0.29, 0.717) is 41.5 Å². The van der Waals surface area contributed by atoms with Crippen molar-refractivity contribution in [2.75, 3.05) is 18.4 Å². The van der Waals surface area contributed by atoms with Gasteiger partial charge in [0.05, 0.1) is 12.0 Å². The second-order valence-electron chi connectivity index (χ2n) is 7.96. The number of fused-ring (bicyclic) bond motifs is 1. The van der Waals surface area contributed by atoms with Crippen LogP contribution in [0.5, 0.6) is 11.5 Å². The lowest BCUT2D eigenvalue weighted by Gasteiger charge is -2.22. The number of sulfonamides is 1. The fourth-order valence-electron chi connectivity index (χ4n) is 3.84. The highest BCUT2D eigenvalue weighted by Gasteiger charge is 2.28. The minimum absolute atomic E-state index is 0.102. The standard InChI is InChI=1S/C25H25ClN2O5S/c1-17-25(29)28(14-13-18-5-3-4-6-23(18)32-2)16-19-15-21(9-12-24(19)33-17)27-34(30,31)22-10-7-20(26)8-11-22/h3-12,15,17,27H,13-14,16H2,1-2H3/t17-/m0/s1. The zero-order valence-corrected chi connectivity index (χ0v) is 20.4. The second-order valence-corrected chi connectivity index (χ2v) is 10.1. The van der Waals surface area contributed by atoms with E-state index in [1.54, 1.807) is 37.1 Å². The molecule has 1 aliphatic rings. The van der Waals surface area contributed by atoms with Crippen molar-refractivity contribution in [2.24, 2.45) is 0 Å². The Kier molecular flexibility index (Phi) is 7.00. The first-order valence-corrected chi connectivity index (χ1v) is 12.6. The topological polar surface area (TPSA) is 84.9 Å². The van der Waals surface area contributed by atoms with Gasteiger partial charge in [0.15, 0.2) is 6.10 Å². The van der Waals surface area contributed by atoms with Crippen LogP contribution in [0.1, 0.15) is 18.1 Å². The van der Waals surface area contributed by atoms with Gasteiger partial charge in [0.25, 0.3) is 15.9 Å². The van der Waals surface area contributed by atoms with Gasteiger partial charge in [-0.1, -0.05) is 29.8 Å². The predicted octanol–water partition coefficient (Wildman–Crippen LogP) is 4.50. The normalized spacial score (nSPS) is 15.8. The molecule has 3 aromatic rings. The van der Waals surface area contributed by atoms with Crippen LogP contribution >= 0.6 is 11.6 Å². The Bertz CT molecular complexity index is 1290. The zero-order chi connectivity index (χ0) is 24.3. The number of nitrogens with zero attached hydrogens (tertiary/aromatic N) is 1. The van der Waals surface area contributed by atoms with Crippen molar-refractivity contribution in [3.8, 4) is 11.5 Å². The van der Waals surface area contributed by atoms with Gasteiger partial charge in [-0.3, -0.25) is 9.52 Å². The average Bonchev–Trinajstić information content (AvgIpc) is 2.94. The summed E-state index contributed by atoms with van der Waals surface area (Å²) in [6, 6.07) is 18.6. The molecule has 0 aromatic heterocycles. The van der Waals surface area contributed by atoms with Gasteiger partial charge >= 0.3 is 0 Å². The monoisotopic (exact) mass is 500 g/mol. The summed E-state index contributed by atoms with van der Waals surface area (Å²) in [5.74, 6) is 1.19. The van der Waals surface area contributed by atoms with Crippen LogP contribution in [0.4, 0.5) is 5.69 Å². The first kappa shape index (κ1) is 23.9. The van der Waals surface area contributed by atoms with Crippen LogP contribution in [0.3, 0.4) is 0 Å². The Morgan fingerprint density at radius 2 is 1.85 bits per heavy atom. The van der Waals surface area contributed by atoms with E-state index in [1.807, 2.05) is 24.3 Å². The highest BCUT2D eigenvalue weighted by Crippen LogP contribution is 2.30. The van der Waals surface area contributed by atoms with E-state index in [1.165, 1.54) is 24.3 Å². The number of anilines is 1. The van der Waals surface area contributed by atoms with Crippen molar-refractivity contribution in [3.05, 3.63) is 82.9 Å². The van der Waals surface area contributed by atoms with Crippen molar-refractivity contribution in [1.82, 2.24) is 4.90 Å². The van der Waals surface area contributed by atoms with Gasteiger partial charge in [0, 0.05) is 29.4 Å². The zero-order valence-electron chi connectivity index (χ0n) is 18.8. The molecular weight excluding hydrogens is 476 g/mol. The molecule has 178 valence electrons. The van der Waals surface area contributed by atoms with Gasteiger partial charge in [0.2, 0.25) is 0 Å². The van der Waals surface area contributed by atoms with E-state index in [4.69, 9.17) is 21.1 Å². The fourth-order valence-corrected chi connectivity index (χ4v) is 5.02. The van der Waals surface area contributed by atoms with Gasteiger partial charge in [0.1, 0.15) is 11.5 Å². The van der Waals surface area contributed by atoms with Crippen LogP contribution in [-0.2, 0) is 27.8 Å². The van der Waals surface area contributed by atoms with E-state index < -0.39 is 16.1 Å². The lowest BCUT2D eigenvalue weighted by molar-refractivity contribution is -0.137. The Morgan fingerprint density at radius 3 is 2.59 bits per heavy atom. The summed E-state index contributed by atoms with van der Waals surface area (Å²) >= 11 is 5.87. The van der Waals surface area contributed by atoms with Crippen LogP contribution in [0, 0.1) is 0 Å². The fraction of sp³-hybridized carbons (Fsp3) is 0.240. The number of hydrogen-bond donors (Lipinski definition) is 1. The number of hydrogen-bond acceptors (Lipinski definition) is 5. The van der Waals surface area contributed by atoms with Gasteiger partial charge in [-0.05, 0) is 67.4 Å². The summed E-state index contributed by atoms with van der Waals surface area (Å²) < 4.78 is 39.4. The molecule has 3 aromatic carbocycles. The van der Waals surface area contributed by atoms with Gasteiger partial charge in [-0.2, -0.15) is 0 Å². The van der Waals surface area contributed by atoms with Crippen LogP contribution in [0.15, 0.2) is 71.6 Å². The first-order chi connectivity index (χ1) is 16.3. The molecule has 9 heteroatoms. The first-order valence-electron chi connectivity index (χ1n) is 10.8. The molecule has 0 radical (unpaired) electrons. The lowest BCUT2D eigenvalue weighted by Crippen LogP contribution is -2.39. The third-order valence-corrected chi connectivity index (χ3v) is 7.25. The molecule has 0 spiro atoms. The summed E-state index contributed by atoms with van der Waals surface area (Å²) in [5.41, 5.74) is 2.10. The van der Waals surface area contributed by atoms with Crippen LogP contribution in [0.25, 0.3) is 0 Å². The van der Waals surface area contributed by atoms with Crippen molar-refractivity contribution >= 4 is 33.2 Å². The highest BCUT2D eigenvalue weighted by atomic mass is 35.5. The molecule has 0 fully saturated rings. The number of nitrogens with one attached hydrogen (secondary N) is 1. The maximum atomic E-state index is 13.0. The molecule has 0 bridgehead atoms. The number of rotatable bonds is 7. The number of carbonyl (C=O) groups excluding carboxylic acids is 1. The summed E-state index contributed by atoms with van der Waals surface area (Å²) in [7, 11) is -2.18. The number of amides is 1. The molecule has 4 rings (SSSR count). The summed E-state index contributed by atoms with van der Waals surface area (Å²) in [5, 5.41) is 0.452. The highest BCUT2D eigenvalue weighted by molar-refractivity contribution is 7.92. The Balaban J connectivity index is 1.55. The minimum Gasteiger partial charge on any atom is -0.496 e. The molecule has 1 N–H and O–H groups in total. The molecule has 7 nitrogen and oxygen atoms in total. The quantitative estimate of drug-likeness (QED) is 0.516. The third kappa shape index (κ3) is 5.29. The SMILES string of the molecule is COc1ccccc1CCN1Cc2cc(NS(=O)(=O)c3ccc(Cl)cc3)ccc2O[C@@H](C)C1=O. The summed E-state index contributed by atoms with van der Waals surface area (Å²) in [4.78, 5) is 14.8. The molecule has 1 aliphatic heterocycles. The molecule has 0 unspecified atom stereocenters. The Labute approximate surface area is 204 Å². The molecule has 1 amide bonds. The molecular formula is C25H25ClN2O5S. The second kappa shape index (κ2) is 9.95. The number of para-hydroxylation sites is 1. The molecule has 0 saturated carbocycles. The Morgan fingerprint density at radius 1 is 1.12 bits per heavy atom. The van der Waals surface area contributed by atoms with E-state index in [-0.39, 0.29) is 10.8 Å². The van der Waals surface area contributed by atoms with Gasteiger partial charge in [-0.25, -0.2) is 8.42 Å². The summed E-state index contributed by atoms with van der Waals surface area (Å²) in [6.07, 6.45) is -0.0451. The smallest absolute Gasteiger partial charge is 0.263 e. The van der Waals surface area contributed by atoms with E-state index in [0.717, 1.165) is 11.3 Å². The maximum absolute atomic E-state index is 13.0. The van der Waals surface area contributed by atoms with Crippen molar-refractivity contribution in [3.63, 3.8) is 0 Å². The van der Waals surface area contributed by atoms with E-state index >= 15 is 0 Å². The van der Waals surface area contributed by atoms with E-state index in [2.05, 4.69) is 4.72 Å². The molecule has 0 saturated heterocycles. The molecule has 1 heterocycles. The van der Waals surface area contributed by atoms with Gasteiger partial charge in [-0.15, -0.1) is 0 Å². The molecule has 1 atom stereocenters. The summed E-state index contributed by atoms with van der Waals surface area (Å²) in [6.45, 7) is 2.47. The van der Waals surface area contributed by atoms with Crippen molar-refractivity contribution < 1.29 is 22.7 Å². The number of benzene rings is 3. The molecule has 0 aliphatic carbocycles. The van der Waals surface area contributed by atoms with Crippen LogP contribution < -0.4 is 14.2 Å². The number of methoxy groups -OCH3 is 1. The maximum Gasteiger partial charge on any atom is 0.263 e. The minimum atomic E-state index is -3.80. The number of ether oxygens (including phenoxy) is 2. The van der Waals surface area contributed by atoms with E-state index in [9.17, 15) is 13.2 Å². The molecule has 34 heavy (non-hydrogen) atoms. The largest absolute Gasteiger partial charge is 0.496 e. The van der Waals surface area contributed by atoms with Crippen LogP contribution in [-0.4, -0.2) is 39.0 Å².